The van der Waals surface area contributed by atoms with Crippen LogP contribution in [-0.4, -0.2) is 44.5 Å². The van der Waals surface area contributed by atoms with Crippen LogP contribution in [-0.2, 0) is 19.4 Å². The van der Waals surface area contributed by atoms with Gasteiger partial charge >= 0.3 is 0 Å². The standard InChI is InChI=1S/C25H40N6O.C4H10/c1-5-13-31(20-11-9-18(10-12-20)17-30(4)6-2)14-7-8-19-15-22(26)24-21(23(19)29-3)16-25(27,28)32-24;1-3-4-2/h9-12,15,29H,5-8,13-14,16-17,26-28H2,1-4H3;3-4H2,1-2H3. The molecule has 0 radical (unpaired) electrons. The predicted octanol–water partition coefficient (Wildman–Crippen LogP) is 4.92. The maximum atomic E-state index is 6.27. The van der Waals surface area contributed by atoms with Gasteiger partial charge in [-0.25, -0.2) is 0 Å². The molecule has 0 saturated heterocycles. The highest BCUT2D eigenvalue weighted by Gasteiger charge is 2.35. The Morgan fingerprint density at radius 3 is 2.22 bits per heavy atom. The monoisotopic (exact) mass is 498 g/mol. The fourth-order valence-electron chi connectivity index (χ4n) is 4.44. The second kappa shape index (κ2) is 14.3. The first-order chi connectivity index (χ1) is 17.2. The summed E-state index contributed by atoms with van der Waals surface area (Å²) >= 11 is 0. The number of nitrogens with two attached hydrogens (primary N) is 3. The van der Waals surface area contributed by atoms with Crippen molar-refractivity contribution in [3.05, 3.63) is 47.0 Å². The summed E-state index contributed by atoms with van der Waals surface area (Å²) in [5, 5.41) is 3.32. The molecule has 7 N–H and O–H groups in total. The van der Waals surface area contributed by atoms with Gasteiger partial charge in [0.05, 0.1) is 5.69 Å². The maximum absolute atomic E-state index is 6.27. The first-order valence-electron chi connectivity index (χ1n) is 13.6. The molecule has 7 nitrogen and oxygen atoms in total. The van der Waals surface area contributed by atoms with Crippen LogP contribution >= 0.6 is 0 Å². The van der Waals surface area contributed by atoms with Crippen LogP contribution in [0.25, 0.3) is 0 Å². The summed E-state index contributed by atoms with van der Waals surface area (Å²) in [4.78, 5) is 4.78. The molecule has 0 fully saturated rings. The van der Waals surface area contributed by atoms with E-state index in [2.05, 4.69) is 74.1 Å². The molecular formula is C29H50N6O. The first-order valence-corrected chi connectivity index (χ1v) is 13.6. The molecule has 2 aromatic rings. The van der Waals surface area contributed by atoms with Crippen LogP contribution in [0.4, 0.5) is 17.1 Å². The van der Waals surface area contributed by atoms with Crippen molar-refractivity contribution >= 4 is 17.1 Å². The van der Waals surface area contributed by atoms with Crippen LogP contribution in [0.5, 0.6) is 5.75 Å². The summed E-state index contributed by atoms with van der Waals surface area (Å²) in [6, 6.07) is 11.0. The lowest BCUT2D eigenvalue weighted by molar-refractivity contribution is 0.111. The number of unbranched alkanes of at least 4 members (excludes halogenated alkanes) is 1. The van der Waals surface area contributed by atoms with Crippen LogP contribution < -0.4 is 32.2 Å². The largest absolute Gasteiger partial charge is 0.457 e. The average molecular weight is 499 g/mol. The second-order valence-electron chi connectivity index (χ2n) is 9.88. The van der Waals surface area contributed by atoms with Crippen LogP contribution in [0.15, 0.2) is 30.3 Å². The number of benzene rings is 2. The van der Waals surface area contributed by atoms with Gasteiger partial charge in [-0.1, -0.05) is 52.7 Å². The van der Waals surface area contributed by atoms with Crippen molar-refractivity contribution in [2.24, 2.45) is 11.5 Å². The lowest BCUT2D eigenvalue weighted by Gasteiger charge is -2.25. The molecule has 0 aliphatic carbocycles. The topological polar surface area (TPSA) is 106 Å². The Hall–Kier alpha value is -2.48. The Kier molecular flexibility index (Phi) is 11.8. The van der Waals surface area contributed by atoms with Gasteiger partial charge in [0.1, 0.15) is 0 Å². The molecule has 0 unspecified atom stereocenters. The van der Waals surface area contributed by atoms with Crippen LogP contribution in [0.2, 0.25) is 0 Å². The van der Waals surface area contributed by atoms with Crippen molar-refractivity contribution < 1.29 is 4.74 Å². The number of nitrogens with zero attached hydrogens (tertiary/aromatic N) is 2. The Morgan fingerprint density at radius 2 is 1.67 bits per heavy atom. The maximum Gasteiger partial charge on any atom is 0.217 e. The number of rotatable bonds is 12. The molecule has 3 rings (SSSR count). The Balaban J connectivity index is 0.00000106. The van der Waals surface area contributed by atoms with E-state index < -0.39 is 5.85 Å². The van der Waals surface area contributed by atoms with Gasteiger partial charge in [-0.05, 0) is 62.2 Å². The molecule has 0 atom stereocenters. The number of nitrogen functional groups attached to an aromatic ring is 1. The van der Waals surface area contributed by atoms with Gasteiger partial charge in [0.2, 0.25) is 5.85 Å². The van der Waals surface area contributed by atoms with E-state index in [1.807, 2.05) is 13.1 Å². The molecule has 0 amide bonds. The minimum Gasteiger partial charge on any atom is -0.457 e. The Labute approximate surface area is 219 Å². The van der Waals surface area contributed by atoms with Crippen molar-refractivity contribution in [1.29, 1.82) is 0 Å². The predicted molar refractivity (Wildman–Crippen MR) is 156 cm³/mol. The number of hydrogen-bond acceptors (Lipinski definition) is 7. The highest BCUT2D eigenvalue weighted by atomic mass is 16.5. The van der Waals surface area contributed by atoms with Gasteiger partial charge in [0.15, 0.2) is 5.75 Å². The molecular weight excluding hydrogens is 448 g/mol. The van der Waals surface area contributed by atoms with Gasteiger partial charge in [-0.15, -0.1) is 0 Å². The van der Waals surface area contributed by atoms with Gasteiger partial charge in [-0.2, -0.15) is 0 Å². The summed E-state index contributed by atoms with van der Waals surface area (Å²) in [5.41, 5.74) is 24.7. The third-order valence-electron chi connectivity index (χ3n) is 6.65. The van der Waals surface area contributed by atoms with Crippen molar-refractivity contribution in [1.82, 2.24) is 4.90 Å². The van der Waals surface area contributed by atoms with E-state index in [4.69, 9.17) is 21.9 Å². The third kappa shape index (κ3) is 8.29. The molecule has 1 heterocycles. The van der Waals surface area contributed by atoms with Crippen LogP contribution in [0, 0.1) is 0 Å². The number of fused-ring (bicyclic) bond motifs is 1. The lowest BCUT2D eigenvalue weighted by atomic mass is 9.98. The number of hydrogen-bond donors (Lipinski definition) is 4. The summed E-state index contributed by atoms with van der Waals surface area (Å²) in [5.74, 6) is -0.582. The fraction of sp³-hybridized carbons (Fsp3) is 0.586. The van der Waals surface area contributed by atoms with E-state index in [-0.39, 0.29) is 0 Å². The molecule has 0 bridgehead atoms. The smallest absolute Gasteiger partial charge is 0.217 e. The highest BCUT2D eigenvalue weighted by Crippen LogP contribution is 2.42. The van der Waals surface area contributed by atoms with Gasteiger partial charge in [0, 0.05) is 50.0 Å². The molecule has 2 aromatic carbocycles. The van der Waals surface area contributed by atoms with Gasteiger partial charge in [-0.3, -0.25) is 11.5 Å². The van der Waals surface area contributed by atoms with Crippen LogP contribution in [0.1, 0.15) is 70.1 Å². The molecule has 36 heavy (non-hydrogen) atoms. The van der Waals surface area contributed by atoms with E-state index in [1.165, 1.54) is 29.7 Å². The van der Waals surface area contributed by atoms with Gasteiger partial charge < -0.3 is 25.6 Å². The van der Waals surface area contributed by atoms with Crippen molar-refractivity contribution in [2.45, 2.75) is 78.6 Å². The summed E-state index contributed by atoms with van der Waals surface area (Å²) in [7, 11) is 4.07. The van der Waals surface area contributed by atoms with Gasteiger partial charge in [0.25, 0.3) is 0 Å². The minimum atomic E-state index is -1.20. The summed E-state index contributed by atoms with van der Waals surface area (Å²) in [6.45, 7) is 12.8. The third-order valence-corrected chi connectivity index (χ3v) is 6.65. The minimum absolute atomic E-state index is 0.443. The molecule has 202 valence electrons. The quantitative estimate of drug-likeness (QED) is 0.243. The first kappa shape index (κ1) is 29.7. The zero-order valence-corrected chi connectivity index (χ0v) is 23.5. The highest BCUT2D eigenvalue weighted by molar-refractivity contribution is 5.73. The van der Waals surface area contributed by atoms with Crippen molar-refractivity contribution in [3.8, 4) is 5.75 Å². The molecule has 0 saturated carbocycles. The number of ether oxygens (including phenoxy) is 1. The summed E-state index contributed by atoms with van der Waals surface area (Å²) < 4.78 is 5.68. The van der Waals surface area contributed by atoms with E-state index in [0.717, 1.165) is 56.7 Å². The zero-order valence-electron chi connectivity index (χ0n) is 23.5. The number of aryl methyl sites for hydroxylation is 1. The average Bonchev–Trinajstić information content (AvgIpc) is 3.19. The second-order valence-corrected chi connectivity index (χ2v) is 9.88. The SMILES string of the molecule is CCCC.CCCN(CCCc1cc(N)c2c(c1NC)CC(N)(N)O2)c1ccc(CN(C)CC)cc1. The van der Waals surface area contributed by atoms with E-state index in [9.17, 15) is 0 Å². The normalized spacial score (nSPS) is 13.6. The van der Waals surface area contributed by atoms with E-state index in [1.54, 1.807) is 0 Å². The van der Waals surface area contributed by atoms with E-state index in [0.29, 0.717) is 17.9 Å². The van der Waals surface area contributed by atoms with Crippen molar-refractivity contribution in [3.63, 3.8) is 0 Å². The zero-order chi connectivity index (χ0) is 26.7. The van der Waals surface area contributed by atoms with Crippen LogP contribution in [0.3, 0.4) is 0 Å². The molecule has 0 spiro atoms. The molecule has 7 heteroatoms. The molecule has 1 aliphatic heterocycles. The fourth-order valence-corrected chi connectivity index (χ4v) is 4.44. The Bertz CT molecular complexity index is 926. The lowest BCUT2D eigenvalue weighted by Crippen LogP contribution is -2.53. The van der Waals surface area contributed by atoms with Crippen molar-refractivity contribution in [2.75, 3.05) is 49.7 Å². The summed E-state index contributed by atoms with van der Waals surface area (Å²) in [6.07, 6.45) is 6.12. The molecule has 0 aromatic heterocycles. The van der Waals surface area contributed by atoms with E-state index >= 15 is 0 Å². The number of anilines is 3. The number of nitrogens with one attached hydrogen (secondary N) is 1. The Morgan fingerprint density at radius 1 is 1.00 bits per heavy atom. The molecule has 1 aliphatic rings.